The lowest BCUT2D eigenvalue weighted by molar-refractivity contribution is -0.121. The van der Waals surface area contributed by atoms with Crippen molar-refractivity contribution in [2.75, 3.05) is 13.7 Å². The summed E-state index contributed by atoms with van der Waals surface area (Å²) < 4.78 is 27.6. The van der Waals surface area contributed by atoms with Gasteiger partial charge in [0, 0.05) is 13.0 Å². The number of hydrogen-bond acceptors (Lipinski definition) is 4. The number of nitrogens with two attached hydrogens (primary N) is 1. The molecule has 2 aromatic carbocycles. The molecule has 0 aliphatic carbocycles. The molecular weight excluding hydrogens is 352 g/mol. The Balaban J connectivity index is 1.79. The number of nitrogens with one attached hydrogen (secondary N) is 1. The standard InChI is InChI=1S/C19H24N2O4S/c1-14(16-5-7-17(25-2)8-6-16)13-19(22)21-12-11-15-3-9-18(10-4-15)26(20,23)24/h3-10,14H,11-13H2,1-2H3,(H,21,22)(H2,20,23,24). The van der Waals surface area contributed by atoms with Crippen LogP contribution in [0.3, 0.4) is 0 Å². The summed E-state index contributed by atoms with van der Waals surface area (Å²) in [6, 6.07) is 14.0. The summed E-state index contributed by atoms with van der Waals surface area (Å²) in [5, 5.41) is 7.96. The van der Waals surface area contributed by atoms with E-state index < -0.39 is 10.0 Å². The summed E-state index contributed by atoms with van der Waals surface area (Å²) in [4.78, 5) is 12.2. The van der Waals surface area contributed by atoms with Crippen LogP contribution >= 0.6 is 0 Å². The number of hydrogen-bond donors (Lipinski definition) is 2. The maximum absolute atomic E-state index is 12.1. The predicted octanol–water partition coefficient (Wildman–Crippen LogP) is 2.20. The number of rotatable bonds is 8. The van der Waals surface area contributed by atoms with Gasteiger partial charge in [0.05, 0.1) is 12.0 Å². The Bertz CT molecular complexity index is 831. The van der Waals surface area contributed by atoms with Crippen LogP contribution in [-0.2, 0) is 21.2 Å². The Hall–Kier alpha value is -2.38. The zero-order valence-electron chi connectivity index (χ0n) is 14.9. The molecule has 0 fully saturated rings. The topological polar surface area (TPSA) is 98.5 Å². The van der Waals surface area contributed by atoms with Crippen LogP contribution in [0.4, 0.5) is 0 Å². The lowest BCUT2D eigenvalue weighted by Crippen LogP contribution is -2.26. The number of primary sulfonamides is 1. The molecule has 7 heteroatoms. The SMILES string of the molecule is COc1ccc(C(C)CC(=O)NCCc2ccc(S(N)(=O)=O)cc2)cc1. The van der Waals surface area contributed by atoms with Crippen LogP contribution < -0.4 is 15.2 Å². The lowest BCUT2D eigenvalue weighted by atomic mass is 9.97. The maximum atomic E-state index is 12.1. The van der Waals surface area contributed by atoms with Gasteiger partial charge in [0.15, 0.2) is 0 Å². The van der Waals surface area contributed by atoms with Gasteiger partial charge in [-0.05, 0) is 47.7 Å². The third kappa shape index (κ3) is 5.86. The largest absolute Gasteiger partial charge is 0.497 e. The zero-order chi connectivity index (χ0) is 19.2. The van der Waals surface area contributed by atoms with Crippen molar-refractivity contribution in [1.82, 2.24) is 5.32 Å². The molecule has 26 heavy (non-hydrogen) atoms. The number of ether oxygens (including phenoxy) is 1. The molecule has 0 radical (unpaired) electrons. The van der Waals surface area contributed by atoms with Crippen molar-refractivity contribution < 1.29 is 17.9 Å². The average molecular weight is 376 g/mol. The number of carbonyl (C=O) groups is 1. The maximum Gasteiger partial charge on any atom is 0.238 e. The van der Waals surface area contributed by atoms with Crippen LogP contribution in [0.5, 0.6) is 5.75 Å². The van der Waals surface area contributed by atoms with E-state index in [1.165, 1.54) is 12.1 Å². The minimum absolute atomic E-state index is 0.0190. The molecule has 1 unspecified atom stereocenters. The fraction of sp³-hybridized carbons (Fsp3) is 0.316. The van der Waals surface area contributed by atoms with Gasteiger partial charge in [-0.15, -0.1) is 0 Å². The molecule has 140 valence electrons. The average Bonchev–Trinajstić information content (AvgIpc) is 2.61. The zero-order valence-corrected chi connectivity index (χ0v) is 15.8. The molecule has 0 heterocycles. The first-order valence-corrected chi connectivity index (χ1v) is 9.86. The minimum atomic E-state index is -3.68. The van der Waals surface area contributed by atoms with E-state index in [9.17, 15) is 13.2 Å². The van der Waals surface area contributed by atoms with Gasteiger partial charge in [-0.3, -0.25) is 4.79 Å². The first-order valence-electron chi connectivity index (χ1n) is 8.32. The van der Waals surface area contributed by atoms with Gasteiger partial charge in [0.25, 0.3) is 0 Å². The van der Waals surface area contributed by atoms with E-state index in [2.05, 4.69) is 5.32 Å². The number of benzene rings is 2. The van der Waals surface area contributed by atoms with Crippen molar-refractivity contribution in [3.8, 4) is 5.75 Å². The van der Waals surface area contributed by atoms with Crippen LogP contribution in [0.15, 0.2) is 53.4 Å². The van der Waals surface area contributed by atoms with Gasteiger partial charge >= 0.3 is 0 Å². The third-order valence-electron chi connectivity index (χ3n) is 4.16. The smallest absolute Gasteiger partial charge is 0.238 e. The van der Waals surface area contributed by atoms with E-state index in [1.807, 2.05) is 31.2 Å². The van der Waals surface area contributed by atoms with E-state index in [-0.39, 0.29) is 16.7 Å². The van der Waals surface area contributed by atoms with E-state index in [1.54, 1.807) is 19.2 Å². The molecule has 0 aromatic heterocycles. The number of amides is 1. The Kier molecular flexibility index (Phi) is 6.76. The Morgan fingerprint density at radius 1 is 1.12 bits per heavy atom. The third-order valence-corrected chi connectivity index (χ3v) is 5.09. The highest BCUT2D eigenvalue weighted by Gasteiger charge is 2.11. The van der Waals surface area contributed by atoms with Crippen molar-refractivity contribution in [2.45, 2.75) is 30.6 Å². The van der Waals surface area contributed by atoms with Crippen LogP contribution in [0.1, 0.15) is 30.4 Å². The molecule has 3 N–H and O–H groups in total. The number of carbonyl (C=O) groups excluding carboxylic acids is 1. The van der Waals surface area contributed by atoms with Crippen molar-refractivity contribution in [2.24, 2.45) is 5.14 Å². The molecule has 0 spiro atoms. The molecule has 2 aromatic rings. The summed E-state index contributed by atoms with van der Waals surface area (Å²) in [6.45, 7) is 2.50. The summed E-state index contributed by atoms with van der Waals surface area (Å²) in [7, 11) is -2.06. The van der Waals surface area contributed by atoms with Crippen LogP contribution in [0.2, 0.25) is 0 Å². The molecule has 1 atom stereocenters. The monoisotopic (exact) mass is 376 g/mol. The van der Waals surface area contributed by atoms with E-state index in [0.29, 0.717) is 19.4 Å². The highest BCUT2D eigenvalue weighted by molar-refractivity contribution is 7.89. The highest BCUT2D eigenvalue weighted by atomic mass is 32.2. The summed E-state index contributed by atoms with van der Waals surface area (Å²) in [5.74, 6) is 0.878. The van der Waals surface area contributed by atoms with Gasteiger partial charge in [-0.25, -0.2) is 13.6 Å². The van der Waals surface area contributed by atoms with Crippen molar-refractivity contribution >= 4 is 15.9 Å². The first kappa shape index (κ1) is 19.9. The van der Waals surface area contributed by atoms with E-state index in [4.69, 9.17) is 9.88 Å². The van der Waals surface area contributed by atoms with Gasteiger partial charge in [0.1, 0.15) is 5.75 Å². The summed E-state index contributed by atoms with van der Waals surface area (Å²) in [6.07, 6.45) is 1.02. The van der Waals surface area contributed by atoms with Crippen molar-refractivity contribution in [1.29, 1.82) is 0 Å². The molecule has 2 rings (SSSR count). The molecule has 0 bridgehead atoms. The van der Waals surface area contributed by atoms with Gasteiger partial charge < -0.3 is 10.1 Å². The van der Waals surface area contributed by atoms with Crippen molar-refractivity contribution in [3.05, 3.63) is 59.7 Å². The Labute approximate surface area is 154 Å². The molecule has 0 aliphatic rings. The summed E-state index contributed by atoms with van der Waals surface area (Å²) in [5.41, 5.74) is 2.01. The van der Waals surface area contributed by atoms with Crippen LogP contribution in [0, 0.1) is 0 Å². The van der Waals surface area contributed by atoms with Crippen LogP contribution in [-0.4, -0.2) is 28.0 Å². The minimum Gasteiger partial charge on any atom is -0.497 e. The number of methoxy groups -OCH3 is 1. The quantitative estimate of drug-likeness (QED) is 0.738. The second kappa shape index (κ2) is 8.82. The molecule has 0 saturated heterocycles. The van der Waals surface area contributed by atoms with Crippen LogP contribution in [0.25, 0.3) is 0 Å². The Morgan fingerprint density at radius 2 is 1.73 bits per heavy atom. The fourth-order valence-corrected chi connectivity index (χ4v) is 3.11. The molecule has 1 amide bonds. The molecule has 6 nitrogen and oxygen atoms in total. The lowest BCUT2D eigenvalue weighted by Gasteiger charge is -2.13. The second-order valence-electron chi connectivity index (χ2n) is 6.17. The van der Waals surface area contributed by atoms with E-state index >= 15 is 0 Å². The second-order valence-corrected chi connectivity index (χ2v) is 7.73. The van der Waals surface area contributed by atoms with Crippen molar-refractivity contribution in [3.63, 3.8) is 0 Å². The van der Waals surface area contributed by atoms with Gasteiger partial charge in [-0.1, -0.05) is 31.2 Å². The summed E-state index contributed by atoms with van der Waals surface area (Å²) >= 11 is 0. The normalized spacial score (nSPS) is 12.4. The van der Waals surface area contributed by atoms with Gasteiger partial charge in [0.2, 0.25) is 15.9 Å². The first-order chi connectivity index (χ1) is 12.3. The van der Waals surface area contributed by atoms with E-state index in [0.717, 1.165) is 16.9 Å². The fourth-order valence-electron chi connectivity index (χ4n) is 2.59. The molecule has 0 aliphatic heterocycles. The molecular formula is C19H24N2O4S. The Morgan fingerprint density at radius 3 is 2.27 bits per heavy atom. The molecule has 0 saturated carbocycles. The number of sulfonamides is 1. The predicted molar refractivity (Wildman–Crippen MR) is 101 cm³/mol. The highest BCUT2D eigenvalue weighted by Crippen LogP contribution is 2.21. The van der Waals surface area contributed by atoms with Gasteiger partial charge in [-0.2, -0.15) is 0 Å².